The van der Waals surface area contributed by atoms with Crippen molar-refractivity contribution in [2.75, 3.05) is 5.32 Å². The van der Waals surface area contributed by atoms with Crippen LogP contribution in [0.15, 0.2) is 24.3 Å². The Kier molecular flexibility index (Phi) is 2.86. The molecule has 17 heavy (non-hydrogen) atoms. The lowest BCUT2D eigenvalue weighted by atomic mass is 10.2. The molecule has 1 heterocycles. The Balaban J connectivity index is 2.22. The number of amides is 1. The number of nitrogens with one attached hydrogen (secondary N) is 2. The highest BCUT2D eigenvalue weighted by atomic mass is 19.1. The van der Waals surface area contributed by atoms with Crippen LogP contribution in [0.5, 0.6) is 0 Å². The topological polar surface area (TPSA) is 57.8 Å². The van der Waals surface area contributed by atoms with Crippen molar-refractivity contribution in [1.82, 2.24) is 10.2 Å². The Hall–Kier alpha value is -2.24. The van der Waals surface area contributed by atoms with E-state index in [0.29, 0.717) is 0 Å². The SMILES string of the molecule is Cc1cc(NC(=O)c2cc(F)ccc2F)n[nH]1. The number of nitrogens with zero attached hydrogens (tertiary/aromatic N) is 1. The highest BCUT2D eigenvalue weighted by Gasteiger charge is 2.13. The van der Waals surface area contributed by atoms with Crippen molar-refractivity contribution in [2.45, 2.75) is 6.92 Å². The van der Waals surface area contributed by atoms with Gasteiger partial charge in [-0.3, -0.25) is 9.89 Å². The maximum atomic E-state index is 13.3. The Labute approximate surface area is 95.7 Å². The van der Waals surface area contributed by atoms with Crippen molar-refractivity contribution >= 4 is 11.7 Å². The Morgan fingerprint density at radius 3 is 2.76 bits per heavy atom. The molecule has 0 saturated heterocycles. The van der Waals surface area contributed by atoms with E-state index >= 15 is 0 Å². The van der Waals surface area contributed by atoms with Gasteiger partial charge in [-0.05, 0) is 25.1 Å². The molecular weight excluding hydrogens is 228 g/mol. The van der Waals surface area contributed by atoms with Gasteiger partial charge < -0.3 is 5.32 Å². The molecule has 0 unspecified atom stereocenters. The first-order valence-electron chi connectivity index (χ1n) is 4.84. The molecule has 0 saturated carbocycles. The minimum Gasteiger partial charge on any atom is -0.305 e. The van der Waals surface area contributed by atoms with Gasteiger partial charge in [0.05, 0.1) is 5.56 Å². The summed E-state index contributed by atoms with van der Waals surface area (Å²) in [4.78, 5) is 11.6. The lowest BCUT2D eigenvalue weighted by Gasteiger charge is -2.03. The minimum absolute atomic E-state index is 0.260. The number of aryl methyl sites for hydroxylation is 1. The van der Waals surface area contributed by atoms with Crippen molar-refractivity contribution in [3.05, 3.63) is 47.2 Å². The predicted octanol–water partition coefficient (Wildman–Crippen LogP) is 2.25. The first-order chi connectivity index (χ1) is 8.06. The lowest BCUT2D eigenvalue weighted by Crippen LogP contribution is -2.14. The molecule has 1 aromatic carbocycles. The van der Waals surface area contributed by atoms with Crippen LogP contribution in [-0.2, 0) is 0 Å². The zero-order valence-corrected chi connectivity index (χ0v) is 8.92. The van der Waals surface area contributed by atoms with E-state index in [9.17, 15) is 13.6 Å². The molecule has 0 fully saturated rings. The molecule has 2 N–H and O–H groups in total. The molecule has 88 valence electrons. The average molecular weight is 237 g/mol. The molecule has 1 amide bonds. The molecular formula is C11H9F2N3O. The summed E-state index contributed by atoms with van der Waals surface area (Å²) in [7, 11) is 0. The maximum absolute atomic E-state index is 13.3. The second-order valence-electron chi connectivity index (χ2n) is 3.51. The zero-order chi connectivity index (χ0) is 12.4. The van der Waals surface area contributed by atoms with Crippen LogP contribution in [0, 0.1) is 18.6 Å². The van der Waals surface area contributed by atoms with E-state index in [1.807, 2.05) is 0 Å². The van der Waals surface area contributed by atoms with Gasteiger partial charge in [-0.1, -0.05) is 0 Å². The standard InChI is InChI=1S/C11H9F2N3O/c1-6-4-10(16-15-6)14-11(17)8-5-7(12)2-3-9(8)13/h2-5H,1H3,(H2,14,15,16,17). The fourth-order valence-corrected chi connectivity index (χ4v) is 1.34. The summed E-state index contributed by atoms with van der Waals surface area (Å²) in [6, 6.07) is 4.27. The zero-order valence-electron chi connectivity index (χ0n) is 8.92. The monoisotopic (exact) mass is 237 g/mol. The van der Waals surface area contributed by atoms with Gasteiger partial charge in [0.2, 0.25) is 0 Å². The van der Waals surface area contributed by atoms with Crippen LogP contribution in [0.2, 0.25) is 0 Å². The second kappa shape index (κ2) is 4.32. The number of carbonyl (C=O) groups is 1. The molecule has 0 aliphatic rings. The van der Waals surface area contributed by atoms with Gasteiger partial charge in [0, 0.05) is 11.8 Å². The quantitative estimate of drug-likeness (QED) is 0.841. The van der Waals surface area contributed by atoms with E-state index in [0.717, 1.165) is 23.9 Å². The summed E-state index contributed by atoms with van der Waals surface area (Å²) in [5.41, 5.74) is 0.394. The molecule has 2 rings (SSSR count). The largest absolute Gasteiger partial charge is 0.305 e. The summed E-state index contributed by atoms with van der Waals surface area (Å²) in [5.74, 6) is -1.93. The summed E-state index contributed by atoms with van der Waals surface area (Å²) >= 11 is 0. The number of aromatic amines is 1. The van der Waals surface area contributed by atoms with Crippen LogP contribution in [0.1, 0.15) is 16.1 Å². The number of hydrogen-bond acceptors (Lipinski definition) is 2. The molecule has 0 bridgehead atoms. The number of hydrogen-bond donors (Lipinski definition) is 2. The van der Waals surface area contributed by atoms with Crippen molar-refractivity contribution in [3.8, 4) is 0 Å². The molecule has 0 radical (unpaired) electrons. The molecule has 0 aliphatic heterocycles. The van der Waals surface area contributed by atoms with Crippen molar-refractivity contribution in [1.29, 1.82) is 0 Å². The fourth-order valence-electron chi connectivity index (χ4n) is 1.34. The lowest BCUT2D eigenvalue weighted by molar-refractivity contribution is 0.102. The van der Waals surface area contributed by atoms with Crippen LogP contribution in [0.4, 0.5) is 14.6 Å². The highest BCUT2D eigenvalue weighted by molar-refractivity contribution is 6.03. The van der Waals surface area contributed by atoms with E-state index < -0.39 is 17.5 Å². The van der Waals surface area contributed by atoms with E-state index in [1.165, 1.54) is 0 Å². The summed E-state index contributed by atoms with van der Waals surface area (Å²) in [6.07, 6.45) is 0. The van der Waals surface area contributed by atoms with Gasteiger partial charge in [0.25, 0.3) is 5.91 Å². The van der Waals surface area contributed by atoms with Gasteiger partial charge >= 0.3 is 0 Å². The summed E-state index contributed by atoms with van der Waals surface area (Å²) in [6.45, 7) is 1.76. The van der Waals surface area contributed by atoms with E-state index in [1.54, 1.807) is 13.0 Å². The molecule has 2 aromatic rings. The first kappa shape index (κ1) is 11.3. The van der Waals surface area contributed by atoms with Gasteiger partial charge in [-0.25, -0.2) is 8.78 Å². The van der Waals surface area contributed by atoms with Gasteiger partial charge in [0.1, 0.15) is 11.6 Å². The van der Waals surface area contributed by atoms with Crippen LogP contribution in [-0.4, -0.2) is 16.1 Å². The molecule has 0 spiro atoms. The minimum atomic E-state index is -0.781. The maximum Gasteiger partial charge on any atom is 0.259 e. The molecule has 4 nitrogen and oxygen atoms in total. The Morgan fingerprint density at radius 2 is 2.12 bits per heavy atom. The van der Waals surface area contributed by atoms with E-state index in [-0.39, 0.29) is 11.4 Å². The van der Waals surface area contributed by atoms with Crippen molar-refractivity contribution in [3.63, 3.8) is 0 Å². The predicted molar refractivity (Wildman–Crippen MR) is 57.6 cm³/mol. The first-order valence-corrected chi connectivity index (χ1v) is 4.84. The van der Waals surface area contributed by atoms with Gasteiger partial charge in [0.15, 0.2) is 5.82 Å². The molecule has 0 aliphatic carbocycles. The Morgan fingerprint density at radius 1 is 1.35 bits per heavy atom. The third-order valence-electron chi connectivity index (χ3n) is 2.12. The molecule has 6 heteroatoms. The van der Waals surface area contributed by atoms with Crippen LogP contribution >= 0.6 is 0 Å². The smallest absolute Gasteiger partial charge is 0.259 e. The van der Waals surface area contributed by atoms with Crippen molar-refractivity contribution < 1.29 is 13.6 Å². The number of aromatic nitrogens is 2. The van der Waals surface area contributed by atoms with E-state index in [2.05, 4.69) is 15.5 Å². The van der Waals surface area contributed by atoms with Crippen LogP contribution in [0.25, 0.3) is 0 Å². The number of anilines is 1. The average Bonchev–Trinajstić information content (AvgIpc) is 2.67. The number of rotatable bonds is 2. The summed E-state index contributed by atoms with van der Waals surface area (Å²) in [5, 5.41) is 8.74. The number of benzene rings is 1. The number of H-pyrrole nitrogens is 1. The molecule has 0 atom stereocenters. The Bertz CT molecular complexity index is 566. The third-order valence-corrected chi connectivity index (χ3v) is 2.12. The summed E-state index contributed by atoms with van der Waals surface area (Å²) < 4.78 is 26.2. The van der Waals surface area contributed by atoms with Gasteiger partial charge in [-0.2, -0.15) is 5.10 Å². The fraction of sp³-hybridized carbons (Fsp3) is 0.0909. The number of carbonyl (C=O) groups excluding carboxylic acids is 1. The van der Waals surface area contributed by atoms with Crippen LogP contribution in [0.3, 0.4) is 0 Å². The molecule has 1 aromatic heterocycles. The third kappa shape index (κ3) is 2.47. The number of halogens is 2. The second-order valence-corrected chi connectivity index (χ2v) is 3.51. The van der Waals surface area contributed by atoms with E-state index in [4.69, 9.17) is 0 Å². The van der Waals surface area contributed by atoms with Crippen molar-refractivity contribution in [2.24, 2.45) is 0 Å². The van der Waals surface area contributed by atoms with Gasteiger partial charge in [-0.15, -0.1) is 0 Å². The normalized spacial score (nSPS) is 10.3. The van der Waals surface area contributed by atoms with Crippen LogP contribution < -0.4 is 5.32 Å². The highest BCUT2D eigenvalue weighted by Crippen LogP contribution is 2.12.